The lowest BCUT2D eigenvalue weighted by molar-refractivity contribution is -0.143. The van der Waals surface area contributed by atoms with Crippen molar-refractivity contribution in [1.29, 1.82) is 0 Å². The van der Waals surface area contributed by atoms with Gasteiger partial charge >= 0.3 is 5.97 Å². The summed E-state index contributed by atoms with van der Waals surface area (Å²) >= 11 is 0. The summed E-state index contributed by atoms with van der Waals surface area (Å²) < 4.78 is 5.51. The van der Waals surface area contributed by atoms with Crippen LogP contribution in [0.3, 0.4) is 0 Å². The third-order valence-electron chi connectivity index (χ3n) is 18.0. The molecule has 0 aromatic carbocycles. The van der Waals surface area contributed by atoms with Crippen LogP contribution in [0.4, 0.5) is 0 Å². The fraction of sp³-hybridized carbons (Fsp3) is 0.922. The summed E-state index contributed by atoms with van der Waals surface area (Å²) in [6.45, 7) is 4.95. The van der Waals surface area contributed by atoms with Gasteiger partial charge in [0.05, 0.1) is 25.4 Å². The van der Waals surface area contributed by atoms with Gasteiger partial charge in [-0.05, 0) is 57.8 Å². The molecule has 0 bridgehead atoms. The number of carbonyl (C=O) groups excluding carboxylic acids is 2. The number of esters is 1. The first kappa shape index (κ1) is 81.3. The lowest BCUT2D eigenvalue weighted by Gasteiger charge is -2.20. The molecule has 0 saturated heterocycles. The van der Waals surface area contributed by atoms with Crippen LogP contribution in [-0.2, 0) is 14.3 Å². The van der Waals surface area contributed by atoms with E-state index in [1.807, 2.05) is 6.08 Å². The Hall–Kier alpha value is -1.66. The number of nitrogens with one attached hydrogen (secondary N) is 1. The number of allylic oxidation sites excluding steroid dienone is 3. The van der Waals surface area contributed by atoms with Crippen LogP contribution in [-0.4, -0.2) is 47.4 Å². The van der Waals surface area contributed by atoms with Gasteiger partial charge in [-0.2, -0.15) is 0 Å². The first-order valence-electron chi connectivity index (χ1n) is 38.1. The van der Waals surface area contributed by atoms with Gasteiger partial charge in [0.1, 0.15) is 0 Å². The number of hydrogen-bond acceptors (Lipinski definition) is 5. The zero-order chi connectivity index (χ0) is 59.9. The normalized spacial score (nSPS) is 12.6. The molecule has 0 saturated carbocycles. The van der Waals surface area contributed by atoms with Gasteiger partial charge in [-0.3, -0.25) is 9.59 Å². The van der Waals surface area contributed by atoms with Gasteiger partial charge in [0.2, 0.25) is 5.91 Å². The molecule has 2 unspecified atom stereocenters. The monoisotopic (exact) mass is 1170 g/mol. The summed E-state index contributed by atoms with van der Waals surface area (Å²) in [5.41, 5.74) is 0. The molecule has 6 nitrogen and oxygen atoms in total. The van der Waals surface area contributed by atoms with Crippen molar-refractivity contribution in [2.45, 2.75) is 443 Å². The summed E-state index contributed by atoms with van der Waals surface area (Å²) in [6, 6.07) is -0.626. The zero-order valence-electron chi connectivity index (χ0n) is 56.5. The molecule has 83 heavy (non-hydrogen) atoms. The molecule has 0 fully saturated rings. The largest absolute Gasteiger partial charge is 0.466 e. The maximum absolute atomic E-state index is 12.5. The molecular formula is C77H149NO5. The van der Waals surface area contributed by atoms with Crippen LogP contribution in [0.2, 0.25) is 0 Å². The SMILES string of the molecule is CCCCCCCCCCCCCCCCC/C=C/C(O)C(CO)NC(=O)CCCCCCCCCCCCCCCCC/C=C\CCCCCCCCCCCCCCOC(=O)CCCCCCCCCCCCCCCCCCCC. The van der Waals surface area contributed by atoms with Crippen molar-refractivity contribution >= 4 is 11.9 Å². The highest BCUT2D eigenvalue weighted by Gasteiger charge is 2.18. The van der Waals surface area contributed by atoms with Crippen molar-refractivity contribution in [2.24, 2.45) is 0 Å². The maximum atomic E-state index is 12.5. The predicted octanol–water partition coefficient (Wildman–Crippen LogP) is 24.9. The van der Waals surface area contributed by atoms with Crippen molar-refractivity contribution in [2.75, 3.05) is 13.2 Å². The van der Waals surface area contributed by atoms with Gasteiger partial charge in [0.25, 0.3) is 0 Å². The van der Waals surface area contributed by atoms with Crippen LogP contribution in [0.1, 0.15) is 431 Å². The van der Waals surface area contributed by atoms with E-state index in [1.165, 1.54) is 366 Å². The van der Waals surface area contributed by atoms with Gasteiger partial charge in [-0.25, -0.2) is 0 Å². The van der Waals surface area contributed by atoms with E-state index in [0.717, 1.165) is 38.5 Å². The topological polar surface area (TPSA) is 95.9 Å². The predicted molar refractivity (Wildman–Crippen MR) is 366 cm³/mol. The Kier molecular flexibility index (Phi) is 71.4. The molecule has 0 aliphatic heterocycles. The average molecular weight is 1170 g/mol. The number of ether oxygens (including phenoxy) is 1. The molecule has 0 aliphatic rings. The molecule has 0 radical (unpaired) electrons. The first-order chi connectivity index (χ1) is 41.0. The molecule has 0 aromatic heterocycles. The quantitative estimate of drug-likeness (QED) is 0.0320. The van der Waals surface area contributed by atoms with Crippen LogP contribution in [0.5, 0.6) is 0 Å². The Balaban J connectivity index is 3.35. The third kappa shape index (κ3) is 69.3. The number of carbonyl (C=O) groups is 2. The molecule has 0 aromatic rings. The second-order valence-electron chi connectivity index (χ2n) is 26.3. The lowest BCUT2D eigenvalue weighted by Crippen LogP contribution is -2.45. The van der Waals surface area contributed by atoms with E-state index in [2.05, 4.69) is 31.3 Å². The van der Waals surface area contributed by atoms with Crippen LogP contribution in [0.25, 0.3) is 0 Å². The molecule has 2 atom stereocenters. The van der Waals surface area contributed by atoms with Crippen LogP contribution < -0.4 is 5.32 Å². The minimum absolute atomic E-state index is 0.0227. The zero-order valence-corrected chi connectivity index (χ0v) is 56.5. The van der Waals surface area contributed by atoms with Gasteiger partial charge in [-0.15, -0.1) is 0 Å². The van der Waals surface area contributed by atoms with Gasteiger partial charge in [-0.1, -0.05) is 385 Å². The number of unbranched alkanes of at least 4 members (excludes halogenated alkanes) is 59. The maximum Gasteiger partial charge on any atom is 0.305 e. The van der Waals surface area contributed by atoms with Crippen molar-refractivity contribution in [3.05, 3.63) is 24.3 Å². The third-order valence-corrected chi connectivity index (χ3v) is 18.0. The average Bonchev–Trinajstić information content (AvgIpc) is 3.49. The molecule has 0 aliphatic carbocycles. The van der Waals surface area contributed by atoms with E-state index in [1.54, 1.807) is 6.08 Å². The van der Waals surface area contributed by atoms with Crippen molar-refractivity contribution < 1.29 is 24.5 Å². The van der Waals surface area contributed by atoms with E-state index in [4.69, 9.17) is 4.74 Å². The molecule has 6 heteroatoms. The molecule has 0 heterocycles. The van der Waals surface area contributed by atoms with Gasteiger partial charge in [0, 0.05) is 12.8 Å². The van der Waals surface area contributed by atoms with Crippen LogP contribution in [0.15, 0.2) is 24.3 Å². The van der Waals surface area contributed by atoms with E-state index in [0.29, 0.717) is 19.4 Å². The Morgan fingerprint density at radius 1 is 0.325 bits per heavy atom. The van der Waals surface area contributed by atoms with Crippen molar-refractivity contribution in [3.63, 3.8) is 0 Å². The Bertz CT molecular complexity index is 1300. The summed E-state index contributed by atoms with van der Waals surface area (Å²) in [5.74, 6) is -0.0396. The van der Waals surface area contributed by atoms with Crippen LogP contribution in [0, 0.1) is 0 Å². The Morgan fingerprint density at radius 3 is 0.855 bits per heavy atom. The van der Waals surface area contributed by atoms with E-state index < -0.39 is 12.1 Å². The molecule has 0 rings (SSSR count). The van der Waals surface area contributed by atoms with E-state index >= 15 is 0 Å². The number of amides is 1. The summed E-state index contributed by atoms with van der Waals surface area (Å²) in [5, 5.41) is 23.2. The second-order valence-corrected chi connectivity index (χ2v) is 26.3. The van der Waals surface area contributed by atoms with Crippen LogP contribution >= 0.6 is 0 Å². The van der Waals surface area contributed by atoms with Crippen molar-refractivity contribution in [1.82, 2.24) is 5.32 Å². The van der Waals surface area contributed by atoms with E-state index in [-0.39, 0.29) is 18.5 Å². The molecule has 0 spiro atoms. The Labute approximate surface area is 520 Å². The summed E-state index contributed by atoms with van der Waals surface area (Å²) in [7, 11) is 0. The fourth-order valence-corrected chi connectivity index (χ4v) is 12.2. The minimum atomic E-state index is -0.843. The number of rotatable bonds is 72. The van der Waals surface area contributed by atoms with Gasteiger partial charge < -0.3 is 20.3 Å². The second kappa shape index (κ2) is 72.8. The summed E-state index contributed by atoms with van der Waals surface area (Å²) in [6.07, 6.45) is 92.9. The number of hydrogen-bond donors (Lipinski definition) is 3. The minimum Gasteiger partial charge on any atom is -0.466 e. The highest BCUT2D eigenvalue weighted by atomic mass is 16.5. The molecular weight excluding hydrogens is 1020 g/mol. The van der Waals surface area contributed by atoms with E-state index in [9.17, 15) is 19.8 Å². The number of aliphatic hydroxyl groups is 2. The number of aliphatic hydroxyl groups excluding tert-OH is 2. The fourth-order valence-electron chi connectivity index (χ4n) is 12.2. The molecule has 1 amide bonds. The highest BCUT2D eigenvalue weighted by Crippen LogP contribution is 2.19. The lowest BCUT2D eigenvalue weighted by atomic mass is 10.0. The summed E-state index contributed by atoms with van der Waals surface area (Å²) in [4.78, 5) is 24.6. The smallest absolute Gasteiger partial charge is 0.305 e. The Morgan fingerprint density at radius 2 is 0.566 bits per heavy atom. The van der Waals surface area contributed by atoms with Crippen molar-refractivity contribution in [3.8, 4) is 0 Å². The van der Waals surface area contributed by atoms with Gasteiger partial charge in [0.15, 0.2) is 0 Å². The standard InChI is InChI=1S/C77H149NO5/c1-3-5-7-9-11-13-15-17-19-21-39-43-47-51-55-59-63-67-71-77(82)83-72-68-64-60-56-52-48-44-40-36-34-32-30-28-26-24-22-23-25-27-29-31-33-35-38-42-46-50-54-58-62-66-70-76(81)78-74(73-79)75(80)69-65-61-57-53-49-45-41-37-20-18-16-14-12-10-8-6-4-2/h24,26,65,69,74-75,79-80H,3-23,25,27-64,66-68,70-73H2,1-2H3,(H,78,81)/b26-24-,69-65+. The molecule has 492 valence electrons. The molecule has 3 N–H and O–H groups in total. The highest BCUT2D eigenvalue weighted by molar-refractivity contribution is 5.76. The first-order valence-corrected chi connectivity index (χ1v) is 38.1.